The number of hydrogen-bond acceptors (Lipinski definition) is 0. The van der Waals surface area contributed by atoms with Crippen LogP contribution in [0.1, 0.15) is 24.0 Å². The molecule has 1 heteroatoms. The average Bonchev–Trinajstić information content (AvgIpc) is 2.31. The van der Waals surface area contributed by atoms with Crippen LogP contribution in [-0.4, -0.2) is 7.85 Å². The maximum Gasteiger partial charge on any atom is 0.113 e. The molecule has 0 aliphatic heterocycles. The summed E-state index contributed by atoms with van der Waals surface area (Å²) >= 11 is 0. The average molecular weight is 204 g/mol. The molecule has 0 saturated heterocycles. The summed E-state index contributed by atoms with van der Waals surface area (Å²) in [5.41, 5.74) is 6.38. The quantitative estimate of drug-likeness (QED) is 0.579. The summed E-state index contributed by atoms with van der Waals surface area (Å²) in [6, 6.07) is 14.9. The number of benzene rings is 2. The lowest BCUT2D eigenvalue weighted by Gasteiger charge is -2.25. The van der Waals surface area contributed by atoms with Crippen molar-refractivity contribution in [1.82, 2.24) is 0 Å². The van der Waals surface area contributed by atoms with Crippen LogP contribution < -0.4 is 5.46 Å². The van der Waals surface area contributed by atoms with Gasteiger partial charge in [-0.05, 0) is 34.6 Å². The molecule has 16 heavy (non-hydrogen) atoms. The van der Waals surface area contributed by atoms with Gasteiger partial charge in [-0.25, -0.2) is 0 Å². The Morgan fingerprint density at radius 3 is 2.75 bits per heavy atom. The smallest absolute Gasteiger partial charge is 0.0960 e. The van der Waals surface area contributed by atoms with E-state index in [4.69, 9.17) is 7.85 Å². The Morgan fingerprint density at radius 2 is 1.88 bits per heavy atom. The number of fused-ring (bicyclic) bond motifs is 3. The first-order valence-electron chi connectivity index (χ1n) is 5.73. The predicted molar refractivity (Wildman–Crippen MR) is 69.4 cm³/mol. The first-order valence-corrected chi connectivity index (χ1v) is 5.73. The molecule has 2 aromatic rings. The van der Waals surface area contributed by atoms with Gasteiger partial charge in [-0.3, -0.25) is 0 Å². The zero-order valence-corrected chi connectivity index (χ0v) is 9.40. The van der Waals surface area contributed by atoms with Crippen molar-refractivity contribution >= 4 is 13.3 Å². The molecule has 1 atom stereocenters. The molecule has 0 saturated carbocycles. The molecule has 0 N–H and O–H groups in total. The van der Waals surface area contributed by atoms with Crippen molar-refractivity contribution in [2.24, 2.45) is 0 Å². The third-order valence-corrected chi connectivity index (χ3v) is 3.44. The predicted octanol–water partition coefficient (Wildman–Crippen LogP) is 2.81. The Labute approximate surface area is 97.7 Å². The van der Waals surface area contributed by atoms with Gasteiger partial charge < -0.3 is 0 Å². The molecule has 2 aromatic carbocycles. The van der Waals surface area contributed by atoms with Crippen molar-refractivity contribution in [3.8, 4) is 11.1 Å². The minimum Gasteiger partial charge on any atom is -0.0960 e. The first-order chi connectivity index (χ1) is 7.75. The minimum atomic E-state index is 0.604. The van der Waals surface area contributed by atoms with Crippen molar-refractivity contribution in [1.29, 1.82) is 0 Å². The van der Waals surface area contributed by atoms with Crippen LogP contribution in [0, 0.1) is 0 Å². The highest BCUT2D eigenvalue weighted by Gasteiger charge is 2.20. The van der Waals surface area contributed by atoms with E-state index in [9.17, 15) is 0 Å². The molecule has 0 nitrogen and oxygen atoms in total. The lowest BCUT2D eigenvalue weighted by molar-refractivity contribution is 0.749. The van der Waals surface area contributed by atoms with Crippen molar-refractivity contribution in [3.63, 3.8) is 0 Å². The van der Waals surface area contributed by atoms with Crippen molar-refractivity contribution in [3.05, 3.63) is 53.6 Å². The Balaban J connectivity index is 2.29. The summed E-state index contributed by atoms with van der Waals surface area (Å²) in [6.07, 6.45) is 1.12. The molecule has 2 radical (unpaired) electrons. The molecule has 1 unspecified atom stereocenters. The Hall–Kier alpha value is -1.50. The molecule has 1 aliphatic carbocycles. The van der Waals surface area contributed by atoms with Gasteiger partial charge in [0.15, 0.2) is 0 Å². The van der Waals surface area contributed by atoms with Gasteiger partial charge in [0.2, 0.25) is 0 Å². The molecule has 0 fully saturated rings. The van der Waals surface area contributed by atoms with Crippen LogP contribution in [0.5, 0.6) is 0 Å². The Kier molecular flexibility index (Phi) is 2.13. The highest BCUT2D eigenvalue weighted by Crippen LogP contribution is 2.38. The lowest BCUT2D eigenvalue weighted by atomic mass is 9.77. The standard InChI is InChI=1S/C15H13B/c1-10-8-11-6-7-12(16)9-15(11)14-5-3-2-4-13(10)14/h2-7,9-10H,8H2,1H3. The van der Waals surface area contributed by atoms with Gasteiger partial charge in [-0.2, -0.15) is 0 Å². The lowest BCUT2D eigenvalue weighted by Crippen LogP contribution is -2.12. The van der Waals surface area contributed by atoms with Gasteiger partial charge in [0.05, 0.1) is 0 Å². The van der Waals surface area contributed by atoms with Gasteiger partial charge >= 0.3 is 0 Å². The third-order valence-electron chi connectivity index (χ3n) is 3.44. The number of rotatable bonds is 0. The molecule has 0 bridgehead atoms. The minimum absolute atomic E-state index is 0.604. The maximum absolute atomic E-state index is 5.87. The van der Waals surface area contributed by atoms with E-state index in [0.717, 1.165) is 11.9 Å². The van der Waals surface area contributed by atoms with E-state index in [1.54, 1.807) is 0 Å². The van der Waals surface area contributed by atoms with Crippen LogP contribution in [0.2, 0.25) is 0 Å². The molecule has 0 heterocycles. The monoisotopic (exact) mass is 204 g/mol. The van der Waals surface area contributed by atoms with E-state index in [2.05, 4.69) is 43.3 Å². The summed E-state index contributed by atoms with van der Waals surface area (Å²) in [4.78, 5) is 0. The molecule has 0 amide bonds. The SMILES string of the molecule is [B]c1ccc2c(c1)-c1ccccc1C(C)C2. The van der Waals surface area contributed by atoms with E-state index in [-0.39, 0.29) is 0 Å². The maximum atomic E-state index is 5.87. The molecule has 0 spiro atoms. The normalized spacial score (nSPS) is 17.7. The Bertz CT molecular complexity index is 543. The van der Waals surface area contributed by atoms with Crippen LogP contribution >= 0.6 is 0 Å². The molecule has 1 aliphatic rings. The summed E-state index contributed by atoms with van der Waals surface area (Å²) in [7, 11) is 5.87. The van der Waals surface area contributed by atoms with Crippen LogP contribution in [0.3, 0.4) is 0 Å². The van der Waals surface area contributed by atoms with Gasteiger partial charge in [-0.1, -0.05) is 54.9 Å². The zero-order valence-electron chi connectivity index (χ0n) is 9.40. The fraction of sp³-hybridized carbons (Fsp3) is 0.200. The van der Waals surface area contributed by atoms with Crippen molar-refractivity contribution in [2.45, 2.75) is 19.3 Å². The first kappa shape index (κ1) is 9.71. The van der Waals surface area contributed by atoms with E-state index >= 15 is 0 Å². The van der Waals surface area contributed by atoms with Gasteiger partial charge in [0, 0.05) is 0 Å². The topological polar surface area (TPSA) is 0 Å². The largest absolute Gasteiger partial charge is 0.113 e. The van der Waals surface area contributed by atoms with Crippen LogP contribution in [0.25, 0.3) is 11.1 Å². The van der Waals surface area contributed by atoms with Crippen LogP contribution in [0.4, 0.5) is 0 Å². The number of hydrogen-bond donors (Lipinski definition) is 0. The van der Waals surface area contributed by atoms with Gasteiger partial charge in [0.25, 0.3) is 0 Å². The molecular weight excluding hydrogens is 191 g/mol. The van der Waals surface area contributed by atoms with Crippen molar-refractivity contribution < 1.29 is 0 Å². The molecule has 76 valence electrons. The molecule has 3 rings (SSSR count). The second kappa shape index (κ2) is 3.52. The summed E-state index contributed by atoms with van der Waals surface area (Å²) in [5.74, 6) is 0.604. The van der Waals surface area contributed by atoms with Crippen molar-refractivity contribution in [2.75, 3.05) is 0 Å². The van der Waals surface area contributed by atoms with Gasteiger partial charge in [-0.15, -0.1) is 0 Å². The Morgan fingerprint density at radius 1 is 1.06 bits per heavy atom. The van der Waals surface area contributed by atoms with E-state index in [1.165, 1.54) is 22.3 Å². The van der Waals surface area contributed by atoms with E-state index < -0.39 is 0 Å². The third kappa shape index (κ3) is 1.39. The highest BCUT2D eigenvalue weighted by atomic mass is 14.2. The second-order valence-electron chi connectivity index (χ2n) is 4.61. The molecule has 0 aromatic heterocycles. The second-order valence-corrected chi connectivity index (χ2v) is 4.61. The highest BCUT2D eigenvalue weighted by molar-refractivity contribution is 6.32. The fourth-order valence-corrected chi connectivity index (χ4v) is 2.63. The summed E-state index contributed by atoms with van der Waals surface area (Å²) < 4.78 is 0. The summed E-state index contributed by atoms with van der Waals surface area (Å²) in [6.45, 7) is 2.29. The van der Waals surface area contributed by atoms with E-state index in [0.29, 0.717) is 5.92 Å². The van der Waals surface area contributed by atoms with Gasteiger partial charge in [0.1, 0.15) is 7.85 Å². The van der Waals surface area contributed by atoms with Crippen LogP contribution in [0.15, 0.2) is 42.5 Å². The zero-order chi connectivity index (χ0) is 11.1. The van der Waals surface area contributed by atoms with Crippen LogP contribution in [-0.2, 0) is 6.42 Å². The fourth-order valence-electron chi connectivity index (χ4n) is 2.63. The molecular formula is C15H13B. The van der Waals surface area contributed by atoms with E-state index in [1.807, 2.05) is 6.07 Å². The summed E-state index contributed by atoms with van der Waals surface area (Å²) in [5, 5.41) is 0.